The van der Waals surface area contributed by atoms with E-state index in [1.165, 1.54) is 0 Å². The molecule has 0 aromatic carbocycles. The molecule has 1 aromatic rings. The predicted molar refractivity (Wildman–Crippen MR) is 78.2 cm³/mol. The van der Waals surface area contributed by atoms with Crippen LogP contribution in [0.15, 0.2) is 12.4 Å². The van der Waals surface area contributed by atoms with Crippen LogP contribution in [-0.2, 0) is 16.6 Å². The van der Waals surface area contributed by atoms with Gasteiger partial charge in [0.2, 0.25) is 11.8 Å². The smallest absolute Gasteiger partial charge is 0.366 e. The molecule has 7 nitrogen and oxygen atoms in total. The number of carbonyl (C=O) groups is 2. The van der Waals surface area contributed by atoms with E-state index < -0.39 is 30.6 Å². The lowest BCUT2D eigenvalue weighted by molar-refractivity contribution is -0.166. The van der Waals surface area contributed by atoms with E-state index >= 15 is 0 Å². The van der Waals surface area contributed by atoms with Crippen LogP contribution in [0, 0.1) is 0 Å². The molecule has 1 atom stereocenters. The van der Waals surface area contributed by atoms with Crippen molar-refractivity contribution in [2.45, 2.75) is 18.6 Å². The van der Waals surface area contributed by atoms with Crippen molar-refractivity contribution >= 4 is 17.5 Å². The van der Waals surface area contributed by atoms with Gasteiger partial charge in [0.25, 0.3) is 0 Å². The molecule has 0 saturated carbocycles. The van der Waals surface area contributed by atoms with E-state index in [1.807, 2.05) is 13.2 Å². The van der Waals surface area contributed by atoms with Crippen molar-refractivity contribution in [2.75, 3.05) is 37.6 Å². The van der Waals surface area contributed by atoms with Gasteiger partial charge in [-0.05, 0) is 0 Å². The van der Waals surface area contributed by atoms with Crippen LogP contribution in [0.5, 0.6) is 0 Å². The maximum Gasteiger partial charge on any atom is 0.406 e. The number of anilines is 1. The number of nitrogens with zero attached hydrogens (tertiary/aromatic N) is 5. The van der Waals surface area contributed by atoms with Crippen LogP contribution in [0.3, 0.4) is 0 Å². The number of aromatic nitrogens is 2. The van der Waals surface area contributed by atoms with Crippen LogP contribution >= 0.6 is 0 Å². The molecule has 1 aromatic heterocycles. The number of aryl methyl sites for hydroxylation is 1. The number of carbonyl (C=O) groups excluding carboxylic acids is 2. The fourth-order valence-electron chi connectivity index (χ4n) is 3.16. The second-order valence-corrected chi connectivity index (χ2v) is 6.05. The van der Waals surface area contributed by atoms with E-state index in [0.717, 1.165) is 5.69 Å². The maximum atomic E-state index is 12.5. The second-order valence-electron chi connectivity index (χ2n) is 6.05. The zero-order valence-corrected chi connectivity index (χ0v) is 13.2. The third kappa shape index (κ3) is 3.37. The van der Waals surface area contributed by atoms with Gasteiger partial charge in [-0.3, -0.25) is 24.1 Å². The van der Waals surface area contributed by atoms with Crippen LogP contribution in [0.4, 0.5) is 18.9 Å². The molecule has 2 saturated heterocycles. The standard InChI is InChI=1S/C14H18F3N5O2/c1-19-8-10(7-18-19)20-2-4-21(5-3-20)11-6-12(23)22(13(11)24)9-14(15,16)17/h7-8,11H,2-6,9H2,1H3. The summed E-state index contributed by atoms with van der Waals surface area (Å²) in [5, 5.41) is 4.10. The van der Waals surface area contributed by atoms with Crippen LogP contribution in [0.2, 0.25) is 0 Å². The molecule has 0 spiro atoms. The van der Waals surface area contributed by atoms with Gasteiger partial charge in [0, 0.05) is 39.4 Å². The molecule has 0 bridgehead atoms. The Morgan fingerprint density at radius 1 is 1.21 bits per heavy atom. The highest BCUT2D eigenvalue weighted by Gasteiger charge is 2.46. The summed E-state index contributed by atoms with van der Waals surface area (Å²) < 4.78 is 39.2. The van der Waals surface area contributed by atoms with E-state index in [4.69, 9.17) is 0 Å². The van der Waals surface area contributed by atoms with Crippen molar-refractivity contribution < 1.29 is 22.8 Å². The maximum absolute atomic E-state index is 12.5. The predicted octanol–water partition coefficient (Wildman–Crippen LogP) is 0.232. The third-order valence-electron chi connectivity index (χ3n) is 4.37. The minimum absolute atomic E-state index is 0.179. The minimum atomic E-state index is -4.57. The molecule has 2 aliphatic rings. The number of alkyl halides is 3. The quantitative estimate of drug-likeness (QED) is 0.734. The fraction of sp³-hybridized carbons (Fsp3) is 0.643. The van der Waals surface area contributed by atoms with Crippen molar-refractivity contribution in [1.29, 1.82) is 0 Å². The average Bonchev–Trinajstić information content (AvgIpc) is 3.05. The molecule has 0 radical (unpaired) electrons. The van der Waals surface area contributed by atoms with Crippen LogP contribution in [0.25, 0.3) is 0 Å². The van der Waals surface area contributed by atoms with E-state index in [-0.39, 0.29) is 6.42 Å². The van der Waals surface area contributed by atoms with Crippen molar-refractivity contribution in [3.8, 4) is 0 Å². The van der Waals surface area contributed by atoms with Gasteiger partial charge in [-0.15, -0.1) is 0 Å². The van der Waals surface area contributed by atoms with Gasteiger partial charge in [-0.2, -0.15) is 18.3 Å². The SMILES string of the molecule is Cn1cc(N2CCN(C3CC(=O)N(CC(F)(F)F)C3=O)CC2)cn1. The molecule has 3 rings (SSSR count). The summed E-state index contributed by atoms with van der Waals surface area (Å²) in [6.07, 6.45) is -1.13. The first kappa shape index (κ1) is 16.7. The van der Waals surface area contributed by atoms with Gasteiger partial charge >= 0.3 is 6.18 Å². The summed E-state index contributed by atoms with van der Waals surface area (Å²) in [4.78, 5) is 28.2. The van der Waals surface area contributed by atoms with Crippen LogP contribution in [0.1, 0.15) is 6.42 Å². The Labute approximate surface area is 136 Å². The number of imide groups is 1. The number of likely N-dealkylation sites (tertiary alicyclic amines) is 1. The zero-order chi connectivity index (χ0) is 17.5. The summed E-state index contributed by atoms with van der Waals surface area (Å²) in [5.74, 6) is -1.50. The Morgan fingerprint density at radius 2 is 1.88 bits per heavy atom. The van der Waals surface area contributed by atoms with Crippen molar-refractivity contribution in [1.82, 2.24) is 19.6 Å². The van der Waals surface area contributed by atoms with Gasteiger partial charge < -0.3 is 4.90 Å². The molecule has 132 valence electrons. The highest BCUT2D eigenvalue weighted by atomic mass is 19.4. The van der Waals surface area contributed by atoms with Crippen molar-refractivity contribution in [3.63, 3.8) is 0 Å². The van der Waals surface area contributed by atoms with Gasteiger partial charge in [-0.1, -0.05) is 0 Å². The molecular formula is C14H18F3N5O2. The van der Waals surface area contributed by atoms with Gasteiger partial charge in [0.1, 0.15) is 6.54 Å². The molecular weight excluding hydrogens is 327 g/mol. The molecule has 0 aliphatic carbocycles. The topological polar surface area (TPSA) is 61.7 Å². The second kappa shape index (κ2) is 6.08. The van der Waals surface area contributed by atoms with E-state index in [9.17, 15) is 22.8 Å². The average molecular weight is 345 g/mol. The lowest BCUT2D eigenvalue weighted by Gasteiger charge is -2.37. The summed E-state index contributed by atoms with van der Waals surface area (Å²) in [6.45, 7) is 0.777. The number of hydrogen-bond acceptors (Lipinski definition) is 5. The highest BCUT2D eigenvalue weighted by molar-refractivity contribution is 6.05. The monoisotopic (exact) mass is 345 g/mol. The Balaban J connectivity index is 1.60. The molecule has 3 heterocycles. The third-order valence-corrected chi connectivity index (χ3v) is 4.37. The summed E-state index contributed by atoms with van der Waals surface area (Å²) in [7, 11) is 1.82. The first-order chi connectivity index (χ1) is 11.2. The number of rotatable bonds is 3. The molecule has 2 fully saturated rings. The number of amides is 2. The van der Waals surface area contributed by atoms with Gasteiger partial charge in [0.05, 0.1) is 24.3 Å². The first-order valence-corrected chi connectivity index (χ1v) is 7.63. The molecule has 2 amide bonds. The van der Waals surface area contributed by atoms with Gasteiger partial charge in [-0.25, -0.2) is 0 Å². The molecule has 24 heavy (non-hydrogen) atoms. The zero-order valence-electron chi connectivity index (χ0n) is 13.2. The van der Waals surface area contributed by atoms with Crippen molar-refractivity contribution in [2.24, 2.45) is 7.05 Å². The lowest BCUT2D eigenvalue weighted by Crippen LogP contribution is -2.53. The van der Waals surface area contributed by atoms with E-state index in [0.29, 0.717) is 31.1 Å². The summed E-state index contributed by atoms with van der Waals surface area (Å²) in [5.41, 5.74) is 0.963. The normalized spacial score (nSPS) is 23.4. The Hall–Kier alpha value is -2.10. The van der Waals surface area contributed by atoms with E-state index in [1.54, 1.807) is 15.8 Å². The molecule has 0 N–H and O–H groups in total. The molecule has 2 aliphatic heterocycles. The summed E-state index contributed by atoms with van der Waals surface area (Å²) in [6, 6.07) is -0.782. The Kier molecular flexibility index (Phi) is 4.24. The Bertz CT molecular complexity index is 637. The van der Waals surface area contributed by atoms with E-state index in [2.05, 4.69) is 10.00 Å². The highest BCUT2D eigenvalue weighted by Crippen LogP contribution is 2.25. The number of piperazine rings is 1. The summed E-state index contributed by atoms with van der Waals surface area (Å²) >= 11 is 0. The van der Waals surface area contributed by atoms with Crippen LogP contribution < -0.4 is 4.90 Å². The van der Waals surface area contributed by atoms with Crippen molar-refractivity contribution in [3.05, 3.63) is 12.4 Å². The first-order valence-electron chi connectivity index (χ1n) is 7.63. The largest absolute Gasteiger partial charge is 0.406 e. The minimum Gasteiger partial charge on any atom is -0.366 e. The number of halogens is 3. The molecule has 10 heteroatoms. The fourth-order valence-corrected chi connectivity index (χ4v) is 3.16. The van der Waals surface area contributed by atoms with Crippen LogP contribution in [-0.4, -0.2) is 76.3 Å². The molecule has 1 unspecified atom stereocenters. The number of hydrogen-bond donors (Lipinski definition) is 0. The Morgan fingerprint density at radius 3 is 2.42 bits per heavy atom. The lowest BCUT2D eigenvalue weighted by atomic mass is 10.1. The van der Waals surface area contributed by atoms with Gasteiger partial charge in [0.15, 0.2) is 0 Å².